The van der Waals surface area contributed by atoms with E-state index in [2.05, 4.69) is 0 Å². The number of phenols is 1. The van der Waals surface area contributed by atoms with E-state index in [4.69, 9.17) is 0 Å². The third-order valence-corrected chi connectivity index (χ3v) is 5.28. The van der Waals surface area contributed by atoms with Crippen molar-refractivity contribution in [2.24, 2.45) is 0 Å². The second kappa shape index (κ2) is 5.79. The molecule has 0 saturated carbocycles. The van der Waals surface area contributed by atoms with Crippen molar-refractivity contribution in [3.8, 4) is 5.75 Å². The Hall–Kier alpha value is -1.27. The van der Waals surface area contributed by atoms with Crippen molar-refractivity contribution in [1.29, 1.82) is 0 Å². The maximum absolute atomic E-state index is 12.5. The van der Waals surface area contributed by atoms with Crippen molar-refractivity contribution in [1.82, 2.24) is 4.31 Å². The fourth-order valence-corrected chi connectivity index (χ4v) is 3.36. The fraction of sp³-hybridized carbons (Fsp3) is 0.538. The summed E-state index contributed by atoms with van der Waals surface area (Å²) >= 11 is 0. The second-order valence-corrected chi connectivity index (χ2v) is 6.67. The van der Waals surface area contributed by atoms with Crippen LogP contribution < -0.4 is 4.31 Å². The SMILES string of the molecule is CCN(c1cc(O)ccc1C)S(=O)(=O)N(C)C(C)C. The zero-order chi connectivity index (χ0) is 14.8. The molecule has 0 aliphatic carbocycles. The molecule has 0 aliphatic rings. The van der Waals surface area contributed by atoms with Crippen LogP contribution in [-0.2, 0) is 10.2 Å². The van der Waals surface area contributed by atoms with Gasteiger partial charge in [0.25, 0.3) is 0 Å². The summed E-state index contributed by atoms with van der Waals surface area (Å²) in [5.41, 5.74) is 1.32. The average molecular weight is 286 g/mol. The molecule has 0 amide bonds. The molecule has 1 aromatic rings. The first kappa shape index (κ1) is 15.8. The average Bonchev–Trinajstić information content (AvgIpc) is 2.33. The number of phenolic OH excluding ortho intramolecular Hbond substituents is 1. The summed E-state index contributed by atoms with van der Waals surface area (Å²) in [4.78, 5) is 0. The van der Waals surface area contributed by atoms with E-state index in [-0.39, 0.29) is 11.8 Å². The Bertz CT molecular complexity index is 541. The molecule has 0 unspecified atom stereocenters. The molecular weight excluding hydrogens is 264 g/mol. The highest BCUT2D eigenvalue weighted by Crippen LogP contribution is 2.28. The normalized spacial score (nSPS) is 12.2. The molecule has 1 rings (SSSR count). The molecule has 0 atom stereocenters. The zero-order valence-electron chi connectivity index (χ0n) is 12.1. The molecule has 0 aromatic heterocycles. The summed E-state index contributed by atoms with van der Waals surface area (Å²) in [6.45, 7) is 7.54. The van der Waals surface area contributed by atoms with Crippen LogP contribution in [0.1, 0.15) is 26.3 Å². The molecule has 19 heavy (non-hydrogen) atoms. The lowest BCUT2D eigenvalue weighted by atomic mass is 10.2. The lowest BCUT2D eigenvalue weighted by molar-refractivity contribution is 0.408. The minimum atomic E-state index is -3.59. The van der Waals surface area contributed by atoms with Gasteiger partial charge in [-0.05, 0) is 39.3 Å². The number of aryl methyl sites for hydroxylation is 1. The van der Waals surface area contributed by atoms with E-state index in [9.17, 15) is 13.5 Å². The lowest BCUT2D eigenvalue weighted by Gasteiger charge is -2.31. The fourth-order valence-electron chi connectivity index (χ4n) is 1.75. The first-order chi connectivity index (χ1) is 8.71. The van der Waals surface area contributed by atoms with Gasteiger partial charge in [0, 0.05) is 25.7 Å². The number of hydrogen-bond acceptors (Lipinski definition) is 3. The standard InChI is InChI=1S/C13H22N2O3S/c1-6-15(19(17,18)14(5)10(2)3)13-9-12(16)8-7-11(13)4/h7-10,16H,6H2,1-5H3. The van der Waals surface area contributed by atoms with Crippen molar-refractivity contribution in [3.05, 3.63) is 23.8 Å². The quantitative estimate of drug-likeness (QED) is 0.902. The van der Waals surface area contributed by atoms with Gasteiger partial charge in [-0.15, -0.1) is 0 Å². The van der Waals surface area contributed by atoms with Crippen LogP contribution in [0.4, 0.5) is 5.69 Å². The van der Waals surface area contributed by atoms with Crippen molar-refractivity contribution in [2.45, 2.75) is 33.7 Å². The van der Waals surface area contributed by atoms with Crippen LogP contribution in [0.3, 0.4) is 0 Å². The number of anilines is 1. The van der Waals surface area contributed by atoms with Gasteiger partial charge in [0.05, 0.1) is 5.69 Å². The van der Waals surface area contributed by atoms with Crippen LogP contribution in [0.15, 0.2) is 18.2 Å². The van der Waals surface area contributed by atoms with Gasteiger partial charge in [-0.25, -0.2) is 0 Å². The molecule has 108 valence electrons. The zero-order valence-corrected chi connectivity index (χ0v) is 12.9. The Morgan fingerprint density at radius 2 is 1.89 bits per heavy atom. The van der Waals surface area contributed by atoms with Gasteiger partial charge in [0.15, 0.2) is 0 Å². The van der Waals surface area contributed by atoms with Gasteiger partial charge in [0.2, 0.25) is 0 Å². The molecule has 1 aromatic carbocycles. The minimum Gasteiger partial charge on any atom is -0.508 e. The van der Waals surface area contributed by atoms with Gasteiger partial charge in [0.1, 0.15) is 5.75 Å². The van der Waals surface area contributed by atoms with E-state index in [1.165, 1.54) is 14.7 Å². The summed E-state index contributed by atoms with van der Waals surface area (Å²) < 4.78 is 27.7. The lowest BCUT2D eigenvalue weighted by Crippen LogP contribution is -2.45. The van der Waals surface area contributed by atoms with Crippen molar-refractivity contribution >= 4 is 15.9 Å². The maximum atomic E-state index is 12.5. The number of aromatic hydroxyl groups is 1. The summed E-state index contributed by atoms with van der Waals surface area (Å²) in [7, 11) is -2.03. The molecule has 6 heteroatoms. The minimum absolute atomic E-state index is 0.0569. The third kappa shape index (κ3) is 3.19. The first-order valence-corrected chi connectivity index (χ1v) is 7.66. The predicted octanol–water partition coefficient (Wildman–Crippen LogP) is 2.11. The summed E-state index contributed by atoms with van der Waals surface area (Å²) in [5.74, 6) is 0.0569. The van der Waals surface area contributed by atoms with Crippen molar-refractivity contribution < 1.29 is 13.5 Å². The number of hydrogen-bond donors (Lipinski definition) is 1. The summed E-state index contributed by atoms with van der Waals surface area (Å²) in [6, 6.07) is 4.60. The Morgan fingerprint density at radius 3 is 2.37 bits per heavy atom. The number of nitrogens with zero attached hydrogens (tertiary/aromatic N) is 2. The number of benzene rings is 1. The Kier molecular flexibility index (Phi) is 4.81. The molecule has 0 radical (unpaired) electrons. The number of rotatable bonds is 5. The molecule has 0 heterocycles. The van der Waals surface area contributed by atoms with Gasteiger partial charge in [-0.2, -0.15) is 12.7 Å². The Labute approximate surface area is 115 Å². The maximum Gasteiger partial charge on any atom is 0.304 e. The molecule has 0 aliphatic heterocycles. The van der Waals surface area contributed by atoms with Gasteiger partial charge in [-0.1, -0.05) is 6.07 Å². The van der Waals surface area contributed by atoms with E-state index in [0.717, 1.165) is 5.56 Å². The molecule has 1 N–H and O–H groups in total. The van der Waals surface area contributed by atoms with Crippen LogP contribution in [0.5, 0.6) is 5.75 Å². The van der Waals surface area contributed by atoms with Crippen LogP contribution in [0.25, 0.3) is 0 Å². The first-order valence-electron chi connectivity index (χ1n) is 6.27. The summed E-state index contributed by atoms with van der Waals surface area (Å²) in [5, 5.41) is 9.56. The van der Waals surface area contributed by atoms with Crippen LogP contribution in [0.2, 0.25) is 0 Å². The van der Waals surface area contributed by atoms with E-state index >= 15 is 0 Å². The van der Waals surface area contributed by atoms with E-state index in [1.54, 1.807) is 26.1 Å². The van der Waals surface area contributed by atoms with Crippen LogP contribution >= 0.6 is 0 Å². The highest BCUT2D eigenvalue weighted by Gasteiger charge is 2.28. The summed E-state index contributed by atoms with van der Waals surface area (Å²) in [6.07, 6.45) is 0. The molecule has 0 bridgehead atoms. The molecule has 0 spiro atoms. The second-order valence-electron chi connectivity index (χ2n) is 4.75. The van der Waals surface area contributed by atoms with E-state index < -0.39 is 10.2 Å². The highest BCUT2D eigenvalue weighted by atomic mass is 32.2. The van der Waals surface area contributed by atoms with Crippen molar-refractivity contribution in [3.63, 3.8) is 0 Å². The Balaban J connectivity index is 3.31. The molecule has 0 fully saturated rings. The van der Waals surface area contributed by atoms with Crippen LogP contribution in [-0.4, -0.2) is 37.5 Å². The third-order valence-electron chi connectivity index (χ3n) is 3.12. The molecule has 5 nitrogen and oxygen atoms in total. The smallest absolute Gasteiger partial charge is 0.304 e. The van der Waals surface area contributed by atoms with Gasteiger partial charge >= 0.3 is 10.2 Å². The van der Waals surface area contributed by atoms with Gasteiger partial charge in [-0.3, -0.25) is 4.31 Å². The van der Waals surface area contributed by atoms with E-state index in [1.807, 2.05) is 20.8 Å². The monoisotopic (exact) mass is 286 g/mol. The van der Waals surface area contributed by atoms with Crippen molar-refractivity contribution in [2.75, 3.05) is 17.9 Å². The van der Waals surface area contributed by atoms with E-state index in [0.29, 0.717) is 12.2 Å². The van der Waals surface area contributed by atoms with Crippen LogP contribution in [0, 0.1) is 6.92 Å². The largest absolute Gasteiger partial charge is 0.508 e. The topological polar surface area (TPSA) is 60.9 Å². The predicted molar refractivity (Wildman–Crippen MR) is 77.7 cm³/mol. The van der Waals surface area contributed by atoms with Gasteiger partial charge < -0.3 is 5.11 Å². The molecular formula is C13H22N2O3S. The Morgan fingerprint density at radius 1 is 1.32 bits per heavy atom. The molecule has 0 saturated heterocycles. The highest BCUT2D eigenvalue weighted by molar-refractivity contribution is 7.90.